The molecule has 0 unspecified atom stereocenters. The SMILES string of the molecule is Cc1cc(/C=C2\SC(=O)N(Cc3ccc(Cl)c(Cl)c3)C2=O)c(C)n1-c1ccc(-c2ccccc2)cc1. The standard InChI is InChI=1S/C29H22Cl2N2O2S/c1-18-14-23(19(2)33(18)24-11-9-22(10-12-24)21-6-4-3-5-7-21)16-27-28(34)32(29(35)36-27)17-20-8-13-25(30)26(31)15-20/h3-16H,17H2,1-2H3/b27-16-. The van der Waals surface area contributed by atoms with Crippen LogP contribution in [0.3, 0.4) is 0 Å². The first-order valence-corrected chi connectivity index (χ1v) is 12.9. The molecule has 3 aromatic carbocycles. The smallest absolute Gasteiger partial charge is 0.293 e. The molecular formula is C29H22Cl2N2O2S. The zero-order chi connectivity index (χ0) is 25.4. The topological polar surface area (TPSA) is 42.3 Å². The number of imide groups is 1. The van der Waals surface area contributed by atoms with Crippen molar-refractivity contribution in [2.75, 3.05) is 0 Å². The number of amides is 2. The van der Waals surface area contributed by atoms with Gasteiger partial charge in [-0.05, 0) is 84.3 Å². The quantitative estimate of drug-likeness (QED) is 0.242. The summed E-state index contributed by atoms with van der Waals surface area (Å²) in [5.74, 6) is -0.312. The van der Waals surface area contributed by atoms with Crippen molar-refractivity contribution < 1.29 is 9.59 Å². The lowest BCUT2D eigenvalue weighted by molar-refractivity contribution is -0.123. The lowest BCUT2D eigenvalue weighted by Gasteiger charge is -2.13. The molecule has 1 aromatic heterocycles. The van der Waals surface area contributed by atoms with E-state index in [1.165, 1.54) is 10.5 Å². The van der Waals surface area contributed by atoms with Crippen molar-refractivity contribution in [1.82, 2.24) is 9.47 Å². The van der Waals surface area contributed by atoms with Crippen molar-refractivity contribution in [3.05, 3.63) is 116 Å². The Labute approximate surface area is 224 Å². The van der Waals surface area contributed by atoms with Gasteiger partial charge >= 0.3 is 0 Å². The maximum absolute atomic E-state index is 13.1. The molecule has 0 N–H and O–H groups in total. The van der Waals surface area contributed by atoms with E-state index < -0.39 is 0 Å². The summed E-state index contributed by atoms with van der Waals surface area (Å²) in [4.78, 5) is 27.3. The number of benzene rings is 3. The molecule has 0 spiro atoms. The molecule has 0 saturated carbocycles. The number of carbonyl (C=O) groups excluding carboxylic acids is 2. The van der Waals surface area contributed by atoms with Gasteiger partial charge in [0.05, 0.1) is 21.5 Å². The van der Waals surface area contributed by atoms with Crippen molar-refractivity contribution in [3.8, 4) is 16.8 Å². The summed E-state index contributed by atoms with van der Waals surface area (Å²) in [5.41, 5.74) is 7.04. The van der Waals surface area contributed by atoms with E-state index in [0.29, 0.717) is 15.0 Å². The van der Waals surface area contributed by atoms with E-state index in [2.05, 4.69) is 41.0 Å². The number of rotatable bonds is 5. The van der Waals surface area contributed by atoms with Crippen LogP contribution in [0.25, 0.3) is 22.9 Å². The summed E-state index contributed by atoms with van der Waals surface area (Å²) in [5, 5.41) is 0.517. The van der Waals surface area contributed by atoms with Crippen LogP contribution in [0, 0.1) is 13.8 Å². The van der Waals surface area contributed by atoms with Gasteiger partial charge < -0.3 is 4.57 Å². The van der Waals surface area contributed by atoms with Crippen LogP contribution in [0.1, 0.15) is 22.5 Å². The van der Waals surface area contributed by atoms with Crippen LogP contribution in [0.4, 0.5) is 4.79 Å². The predicted octanol–water partition coefficient (Wildman–Crippen LogP) is 8.30. The van der Waals surface area contributed by atoms with Gasteiger partial charge in [-0.2, -0.15) is 0 Å². The molecule has 1 saturated heterocycles. The third-order valence-electron chi connectivity index (χ3n) is 6.19. The largest absolute Gasteiger partial charge is 0.318 e. The van der Waals surface area contributed by atoms with Crippen LogP contribution in [-0.4, -0.2) is 20.6 Å². The summed E-state index contributed by atoms with van der Waals surface area (Å²) in [6, 6.07) is 25.8. The Kier molecular flexibility index (Phi) is 6.80. The van der Waals surface area contributed by atoms with Gasteiger partial charge in [-0.25, -0.2) is 0 Å². The molecule has 1 fully saturated rings. The molecule has 7 heteroatoms. The van der Waals surface area contributed by atoms with Crippen LogP contribution < -0.4 is 0 Å². The Morgan fingerprint density at radius 2 is 1.53 bits per heavy atom. The molecule has 4 nitrogen and oxygen atoms in total. The minimum Gasteiger partial charge on any atom is -0.318 e. The molecule has 2 heterocycles. The third-order valence-corrected chi connectivity index (χ3v) is 7.83. The molecule has 4 aromatic rings. The van der Waals surface area contributed by atoms with Gasteiger partial charge in [-0.1, -0.05) is 71.7 Å². The number of hydrogen-bond acceptors (Lipinski definition) is 3. The Balaban J connectivity index is 1.40. The minimum atomic E-state index is -0.312. The fraction of sp³-hybridized carbons (Fsp3) is 0.103. The van der Waals surface area contributed by atoms with Crippen molar-refractivity contribution >= 4 is 52.2 Å². The summed E-state index contributed by atoms with van der Waals surface area (Å²) in [6.45, 7) is 4.20. The second-order valence-corrected chi connectivity index (χ2v) is 10.4. The van der Waals surface area contributed by atoms with Crippen molar-refractivity contribution in [2.45, 2.75) is 20.4 Å². The van der Waals surface area contributed by atoms with Crippen molar-refractivity contribution in [3.63, 3.8) is 0 Å². The predicted molar refractivity (Wildman–Crippen MR) is 149 cm³/mol. The molecule has 0 bridgehead atoms. The molecule has 1 aliphatic rings. The average Bonchev–Trinajstić information content (AvgIpc) is 3.30. The highest BCUT2D eigenvalue weighted by Crippen LogP contribution is 2.35. The molecule has 2 amide bonds. The van der Waals surface area contributed by atoms with Crippen LogP contribution >= 0.6 is 35.0 Å². The Morgan fingerprint density at radius 3 is 2.22 bits per heavy atom. The maximum Gasteiger partial charge on any atom is 0.293 e. The first-order valence-electron chi connectivity index (χ1n) is 11.4. The normalized spacial score (nSPS) is 14.8. The number of thioether (sulfide) groups is 1. The zero-order valence-corrected chi connectivity index (χ0v) is 22.0. The van der Waals surface area contributed by atoms with E-state index >= 15 is 0 Å². The van der Waals surface area contributed by atoms with Gasteiger partial charge in [0.2, 0.25) is 0 Å². The number of aryl methyl sites for hydroxylation is 1. The van der Waals surface area contributed by atoms with Crippen molar-refractivity contribution in [1.29, 1.82) is 0 Å². The monoisotopic (exact) mass is 532 g/mol. The summed E-state index contributed by atoms with van der Waals surface area (Å²) in [6.07, 6.45) is 1.80. The van der Waals surface area contributed by atoms with Gasteiger partial charge in [-0.15, -0.1) is 0 Å². The second-order valence-electron chi connectivity index (χ2n) is 8.59. The minimum absolute atomic E-state index is 0.145. The van der Waals surface area contributed by atoms with Gasteiger partial charge in [0.15, 0.2) is 0 Å². The Hall–Kier alpha value is -3.25. The van der Waals surface area contributed by atoms with Gasteiger partial charge in [0.1, 0.15) is 0 Å². The lowest BCUT2D eigenvalue weighted by Crippen LogP contribution is -2.27. The fourth-order valence-electron chi connectivity index (χ4n) is 4.36. The highest BCUT2D eigenvalue weighted by Gasteiger charge is 2.35. The van der Waals surface area contributed by atoms with Gasteiger partial charge in [-0.3, -0.25) is 14.5 Å². The van der Waals surface area contributed by atoms with E-state index in [9.17, 15) is 9.59 Å². The summed E-state index contributed by atoms with van der Waals surface area (Å²) in [7, 11) is 0. The van der Waals surface area contributed by atoms with Gasteiger partial charge in [0.25, 0.3) is 11.1 Å². The van der Waals surface area contributed by atoms with E-state index in [1.54, 1.807) is 24.3 Å². The number of nitrogens with zero attached hydrogens (tertiary/aromatic N) is 2. The Morgan fingerprint density at radius 1 is 0.833 bits per heavy atom. The third kappa shape index (κ3) is 4.74. The summed E-state index contributed by atoms with van der Waals surface area (Å²) < 4.78 is 2.15. The molecule has 0 aliphatic carbocycles. The first kappa shape index (κ1) is 24.4. The Bertz CT molecular complexity index is 1510. The maximum atomic E-state index is 13.1. The molecular weight excluding hydrogens is 511 g/mol. The van der Waals surface area contributed by atoms with E-state index in [0.717, 1.165) is 45.5 Å². The fourth-order valence-corrected chi connectivity index (χ4v) is 5.51. The lowest BCUT2D eigenvalue weighted by atomic mass is 10.1. The van der Waals surface area contributed by atoms with Gasteiger partial charge in [0, 0.05) is 17.1 Å². The summed E-state index contributed by atoms with van der Waals surface area (Å²) >= 11 is 13.0. The highest BCUT2D eigenvalue weighted by molar-refractivity contribution is 8.18. The molecule has 0 atom stereocenters. The van der Waals surface area contributed by atoms with Crippen LogP contribution in [0.5, 0.6) is 0 Å². The molecule has 1 aliphatic heterocycles. The second kappa shape index (κ2) is 10.0. The van der Waals surface area contributed by atoms with Crippen LogP contribution in [0.15, 0.2) is 83.8 Å². The van der Waals surface area contributed by atoms with Crippen LogP contribution in [0.2, 0.25) is 10.0 Å². The zero-order valence-electron chi connectivity index (χ0n) is 19.7. The van der Waals surface area contributed by atoms with E-state index in [4.69, 9.17) is 23.2 Å². The molecule has 36 heavy (non-hydrogen) atoms. The number of hydrogen-bond donors (Lipinski definition) is 0. The van der Waals surface area contributed by atoms with Crippen molar-refractivity contribution in [2.24, 2.45) is 0 Å². The highest BCUT2D eigenvalue weighted by atomic mass is 35.5. The number of carbonyl (C=O) groups is 2. The molecule has 180 valence electrons. The average molecular weight is 533 g/mol. The first-order chi connectivity index (χ1) is 17.3. The van der Waals surface area contributed by atoms with Crippen LogP contribution in [-0.2, 0) is 11.3 Å². The number of aromatic nitrogens is 1. The van der Waals surface area contributed by atoms with E-state index in [-0.39, 0.29) is 17.7 Å². The molecule has 5 rings (SSSR count). The van der Waals surface area contributed by atoms with E-state index in [1.807, 2.05) is 38.1 Å². The number of halogens is 2. The molecule has 0 radical (unpaired) electrons.